The van der Waals surface area contributed by atoms with Gasteiger partial charge in [-0.1, -0.05) is 0 Å². The minimum absolute atomic E-state index is 0.351. The molecule has 1 N–H and O–H groups in total. The van der Waals surface area contributed by atoms with E-state index in [1.807, 2.05) is 5.32 Å². The molecule has 2 aromatic rings. The van der Waals surface area contributed by atoms with Gasteiger partial charge in [0.2, 0.25) is 5.91 Å². The number of alkyl halides is 3. The molecule has 0 spiro atoms. The molecule has 0 bridgehead atoms. The largest absolute Gasteiger partial charge is 0.417 e. The maximum atomic E-state index is 13.4. The van der Waals surface area contributed by atoms with Crippen molar-refractivity contribution in [1.82, 2.24) is 4.57 Å². The maximum Gasteiger partial charge on any atom is 0.417 e. The average Bonchev–Trinajstić information content (AvgIpc) is 2.43. The maximum absolute atomic E-state index is 13.4. The highest BCUT2D eigenvalue weighted by atomic mass is 19.4. The van der Waals surface area contributed by atoms with Crippen molar-refractivity contribution in [2.24, 2.45) is 0 Å². The molecule has 0 saturated heterocycles. The second-order valence-corrected chi connectivity index (χ2v) is 4.55. The van der Waals surface area contributed by atoms with Crippen LogP contribution < -0.4 is 10.9 Å². The van der Waals surface area contributed by atoms with Crippen molar-refractivity contribution in [3.8, 4) is 0 Å². The topological polar surface area (TPSA) is 51.1 Å². The molecule has 23 heavy (non-hydrogen) atoms. The molecule has 0 atom stereocenters. The van der Waals surface area contributed by atoms with Crippen LogP contribution in [0.5, 0.6) is 0 Å². The fraction of sp³-hybridized carbons (Fsp3) is 0.143. The minimum Gasteiger partial charge on any atom is -0.322 e. The van der Waals surface area contributed by atoms with E-state index in [1.54, 1.807) is 0 Å². The molecule has 0 aliphatic carbocycles. The lowest BCUT2D eigenvalue weighted by Crippen LogP contribution is -2.28. The number of rotatable bonds is 3. The van der Waals surface area contributed by atoms with Gasteiger partial charge in [-0.15, -0.1) is 0 Å². The number of pyridine rings is 1. The molecule has 2 rings (SSSR count). The summed E-state index contributed by atoms with van der Waals surface area (Å²) < 4.78 is 64.4. The zero-order valence-corrected chi connectivity index (χ0v) is 11.3. The first-order valence-corrected chi connectivity index (χ1v) is 6.19. The van der Waals surface area contributed by atoms with Crippen molar-refractivity contribution >= 4 is 11.6 Å². The first-order valence-electron chi connectivity index (χ1n) is 6.19. The first-order chi connectivity index (χ1) is 10.7. The highest BCUT2D eigenvalue weighted by Crippen LogP contribution is 2.28. The number of nitrogens with one attached hydrogen (secondary N) is 1. The van der Waals surface area contributed by atoms with E-state index in [-0.39, 0.29) is 5.69 Å². The SMILES string of the molecule is O=C(Cn1cc(C(F)(F)F)ccc1=O)Nc1ccc(F)cc1F. The lowest BCUT2D eigenvalue weighted by Gasteiger charge is -2.11. The Morgan fingerprint density at radius 2 is 1.83 bits per heavy atom. The molecule has 1 aromatic carbocycles. The van der Waals surface area contributed by atoms with Crippen LogP contribution in [0.4, 0.5) is 27.6 Å². The predicted octanol–water partition coefficient (Wildman–Crippen LogP) is 2.78. The van der Waals surface area contributed by atoms with Crippen LogP contribution in [0, 0.1) is 11.6 Å². The Morgan fingerprint density at radius 1 is 1.13 bits per heavy atom. The summed E-state index contributed by atoms with van der Waals surface area (Å²) in [5.74, 6) is -2.83. The fourth-order valence-corrected chi connectivity index (χ4v) is 1.76. The van der Waals surface area contributed by atoms with E-state index < -0.39 is 41.4 Å². The second-order valence-electron chi connectivity index (χ2n) is 4.55. The van der Waals surface area contributed by atoms with Crippen molar-refractivity contribution in [3.05, 3.63) is 64.1 Å². The first kappa shape index (κ1) is 16.7. The minimum atomic E-state index is -4.67. The van der Waals surface area contributed by atoms with E-state index in [4.69, 9.17) is 0 Å². The summed E-state index contributed by atoms with van der Waals surface area (Å²) in [6, 6.07) is 3.66. The summed E-state index contributed by atoms with van der Waals surface area (Å²) in [6.45, 7) is -0.750. The zero-order valence-electron chi connectivity index (χ0n) is 11.3. The van der Waals surface area contributed by atoms with Gasteiger partial charge in [0.05, 0.1) is 11.3 Å². The van der Waals surface area contributed by atoms with E-state index in [2.05, 4.69) is 0 Å². The van der Waals surface area contributed by atoms with Crippen molar-refractivity contribution in [2.45, 2.75) is 12.7 Å². The van der Waals surface area contributed by atoms with Crippen LogP contribution in [0.1, 0.15) is 5.56 Å². The Balaban J connectivity index is 2.18. The van der Waals surface area contributed by atoms with Crippen LogP contribution in [0.2, 0.25) is 0 Å². The number of halogens is 5. The van der Waals surface area contributed by atoms with E-state index in [0.717, 1.165) is 12.1 Å². The third-order valence-corrected chi connectivity index (χ3v) is 2.83. The molecule has 122 valence electrons. The highest BCUT2D eigenvalue weighted by Gasteiger charge is 2.31. The van der Waals surface area contributed by atoms with E-state index in [9.17, 15) is 31.5 Å². The van der Waals surface area contributed by atoms with Gasteiger partial charge in [-0.3, -0.25) is 9.59 Å². The molecule has 0 aliphatic rings. The molecule has 0 unspecified atom stereocenters. The van der Waals surface area contributed by atoms with Crippen molar-refractivity contribution in [2.75, 3.05) is 5.32 Å². The number of aromatic nitrogens is 1. The van der Waals surface area contributed by atoms with Crippen molar-refractivity contribution in [1.29, 1.82) is 0 Å². The molecular formula is C14H9F5N2O2. The van der Waals surface area contributed by atoms with Gasteiger partial charge in [0, 0.05) is 18.3 Å². The summed E-state index contributed by atoms with van der Waals surface area (Å²) in [7, 11) is 0. The molecule has 9 heteroatoms. The molecule has 1 amide bonds. The number of nitrogens with zero attached hydrogens (tertiary/aromatic N) is 1. The summed E-state index contributed by atoms with van der Waals surface area (Å²) in [5, 5.41) is 2.05. The molecule has 1 heterocycles. The third kappa shape index (κ3) is 4.15. The molecule has 4 nitrogen and oxygen atoms in total. The Labute approximate surface area is 126 Å². The highest BCUT2D eigenvalue weighted by molar-refractivity contribution is 5.90. The Hall–Kier alpha value is -2.71. The Kier molecular flexibility index (Phi) is 4.48. The van der Waals surface area contributed by atoms with E-state index >= 15 is 0 Å². The van der Waals surface area contributed by atoms with Crippen LogP contribution in [0.25, 0.3) is 0 Å². The lowest BCUT2D eigenvalue weighted by molar-refractivity contribution is -0.138. The standard InChI is InChI=1S/C14H9F5N2O2/c15-9-2-3-11(10(16)5-9)20-12(22)7-21-6-8(14(17,18)19)1-4-13(21)23/h1-6H,7H2,(H,20,22). The number of amides is 1. The Bertz CT molecular complexity index is 798. The molecule has 1 aromatic heterocycles. The van der Waals surface area contributed by atoms with Crippen LogP contribution >= 0.6 is 0 Å². The van der Waals surface area contributed by atoms with Gasteiger partial charge in [-0.2, -0.15) is 13.2 Å². The number of hydrogen-bond donors (Lipinski definition) is 1. The smallest absolute Gasteiger partial charge is 0.322 e. The molecule has 0 radical (unpaired) electrons. The van der Waals surface area contributed by atoms with Crippen LogP contribution in [-0.2, 0) is 17.5 Å². The quantitative estimate of drug-likeness (QED) is 0.879. The van der Waals surface area contributed by atoms with E-state index in [1.165, 1.54) is 0 Å². The number of carbonyl (C=O) groups excluding carboxylic acids is 1. The predicted molar refractivity (Wildman–Crippen MR) is 70.7 cm³/mol. The summed E-state index contributed by atoms with van der Waals surface area (Å²) in [4.78, 5) is 23.2. The normalized spacial score (nSPS) is 11.3. The number of anilines is 1. The van der Waals surface area contributed by atoms with Crippen molar-refractivity contribution in [3.63, 3.8) is 0 Å². The molecule has 0 aliphatic heterocycles. The van der Waals surface area contributed by atoms with Gasteiger partial charge in [0.1, 0.15) is 18.2 Å². The van der Waals surface area contributed by atoms with Gasteiger partial charge in [0.25, 0.3) is 5.56 Å². The van der Waals surface area contributed by atoms with E-state index in [0.29, 0.717) is 29.0 Å². The summed E-state index contributed by atoms with van der Waals surface area (Å²) in [5.41, 5.74) is -2.28. The summed E-state index contributed by atoms with van der Waals surface area (Å²) >= 11 is 0. The van der Waals surface area contributed by atoms with Crippen LogP contribution in [0.15, 0.2) is 41.3 Å². The number of hydrogen-bond acceptors (Lipinski definition) is 2. The van der Waals surface area contributed by atoms with Gasteiger partial charge >= 0.3 is 6.18 Å². The van der Waals surface area contributed by atoms with Crippen LogP contribution in [0.3, 0.4) is 0 Å². The summed E-state index contributed by atoms with van der Waals surface area (Å²) in [6.07, 6.45) is -4.18. The third-order valence-electron chi connectivity index (χ3n) is 2.83. The lowest BCUT2D eigenvalue weighted by atomic mass is 10.2. The fourth-order valence-electron chi connectivity index (χ4n) is 1.76. The number of carbonyl (C=O) groups is 1. The Morgan fingerprint density at radius 3 is 2.43 bits per heavy atom. The van der Waals surface area contributed by atoms with Crippen molar-refractivity contribution < 1.29 is 26.7 Å². The number of benzene rings is 1. The average molecular weight is 332 g/mol. The molecule has 0 fully saturated rings. The van der Waals surface area contributed by atoms with Gasteiger partial charge < -0.3 is 9.88 Å². The van der Waals surface area contributed by atoms with Gasteiger partial charge in [-0.25, -0.2) is 8.78 Å². The van der Waals surface area contributed by atoms with Gasteiger partial charge in [-0.05, 0) is 18.2 Å². The molecule has 0 saturated carbocycles. The zero-order chi connectivity index (χ0) is 17.2. The monoisotopic (exact) mass is 332 g/mol. The second kappa shape index (κ2) is 6.19. The molecular weight excluding hydrogens is 323 g/mol. The van der Waals surface area contributed by atoms with Gasteiger partial charge in [0.15, 0.2) is 0 Å². The van der Waals surface area contributed by atoms with Crippen LogP contribution in [-0.4, -0.2) is 10.5 Å².